The Balaban J connectivity index is 1.91. The lowest BCUT2D eigenvalue weighted by molar-refractivity contribution is 0.307. The Kier molecular flexibility index (Phi) is 3.89. The zero-order chi connectivity index (χ0) is 14.8. The Hall–Kier alpha value is -1.93. The molecule has 1 aromatic heterocycles. The summed E-state index contributed by atoms with van der Waals surface area (Å²) in [7, 11) is 0. The fraction of sp³-hybridized carbons (Fsp3) is 0.222. The van der Waals surface area contributed by atoms with Gasteiger partial charge in [-0.3, -0.25) is 0 Å². The normalized spacial score (nSPS) is 11.0. The van der Waals surface area contributed by atoms with Gasteiger partial charge in [0.05, 0.1) is 0 Å². The molecule has 1 heterocycles. The van der Waals surface area contributed by atoms with Crippen LogP contribution in [0.2, 0.25) is 5.02 Å². The summed E-state index contributed by atoms with van der Waals surface area (Å²) in [6.07, 6.45) is 2.19. The van der Waals surface area contributed by atoms with Gasteiger partial charge in [0.15, 0.2) is 0 Å². The Morgan fingerprint density at radius 1 is 1.10 bits per heavy atom. The Morgan fingerprint density at radius 3 is 2.57 bits per heavy atom. The summed E-state index contributed by atoms with van der Waals surface area (Å²) in [4.78, 5) is 0. The van der Waals surface area contributed by atoms with E-state index >= 15 is 0 Å². The molecule has 0 saturated heterocycles. The number of hydrogen-bond acceptors (Lipinski definition) is 1. The Labute approximate surface area is 129 Å². The fourth-order valence-electron chi connectivity index (χ4n) is 2.69. The number of hydrogen-bond donors (Lipinski definition) is 0. The number of rotatable bonds is 4. The lowest BCUT2D eigenvalue weighted by atomic mass is 10.1. The van der Waals surface area contributed by atoms with E-state index < -0.39 is 0 Å². The van der Waals surface area contributed by atoms with Crippen molar-refractivity contribution in [3.8, 4) is 5.75 Å². The fourth-order valence-corrected chi connectivity index (χ4v) is 2.82. The van der Waals surface area contributed by atoms with Crippen molar-refractivity contribution < 1.29 is 4.74 Å². The van der Waals surface area contributed by atoms with Crippen LogP contribution in [-0.2, 0) is 13.2 Å². The highest BCUT2D eigenvalue weighted by Crippen LogP contribution is 2.26. The van der Waals surface area contributed by atoms with E-state index in [0.29, 0.717) is 6.61 Å². The molecule has 108 valence electrons. The first-order valence-corrected chi connectivity index (χ1v) is 7.52. The minimum Gasteiger partial charge on any atom is -0.489 e. The maximum absolute atomic E-state index is 5.90. The molecule has 0 fully saturated rings. The predicted octanol–water partition coefficient (Wildman–Crippen LogP) is 5.20. The molecule has 0 aliphatic carbocycles. The van der Waals surface area contributed by atoms with Crippen molar-refractivity contribution in [3.05, 3.63) is 64.8 Å². The number of aromatic nitrogens is 1. The highest BCUT2D eigenvalue weighted by Gasteiger charge is 2.10. The van der Waals surface area contributed by atoms with Crippen molar-refractivity contribution in [2.45, 2.75) is 27.0 Å². The van der Waals surface area contributed by atoms with Crippen molar-refractivity contribution in [2.24, 2.45) is 0 Å². The molecule has 0 spiro atoms. The minimum atomic E-state index is 0.565. The van der Waals surface area contributed by atoms with Crippen LogP contribution >= 0.6 is 11.6 Å². The van der Waals surface area contributed by atoms with Gasteiger partial charge in [0.2, 0.25) is 0 Å². The van der Waals surface area contributed by atoms with E-state index in [1.54, 1.807) is 0 Å². The van der Waals surface area contributed by atoms with Gasteiger partial charge >= 0.3 is 0 Å². The largest absolute Gasteiger partial charge is 0.489 e. The van der Waals surface area contributed by atoms with Crippen LogP contribution in [0.1, 0.15) is 18.1 Å². The number of nitrogens with zero attached hydrogens (tertiary/aromatic N) is 1. The number of fused-ring (bicyclic) bond motifs is 1. The molecule has 0 N–H and O–H groups in total. The topological polar surface area (TPSA) is 14.2 Å². The lowest BCUT2D eigenvalue weighted by Crippen LogP contribution is -1.95. The second-order valence-electron chi connectivity index (χ2n) is 5.15. The average molecular weight is 300 g/mol. The summed E-state index contributed by atoms with van der Waals surface area (Å²) in [5.41, 5.74) is 3.78. The second kappa shape index (κ2) is 5.82. The quantitative estimate of drug-likeness (QED) is 0.645. The molecule has 3 aromatic rings. The van der Waals surface area contributed by atoms with Crippen LogP contribution in [0, 0.1) is 6.92 Å². The van der Waals surface area contributed by atoms with Crippen molar-refractivity contribution in [1.29, 1.82) is 0 Å². The minimum absolute atomic E-state index is 0.565. The molecule has 0 aliphatic rings. The zero-order valence-electron chi connectivity index (χ0n) is 12.3. The highest BCUT2D eigenvalue weighted by atomic mass is 35.5. The highest BCUT2D eigenvalue weighted by molar-refractivity contribution is 6.30. The third kappa shape index (κ3) is 2.77. The van der Waals surface area contributed by atoms with E-state index in [1.165, 1.54) is 22.0 Å². The molecule has 0 atom stereocenters. The lowest BCUT2D eigenvalue weighted by Gasteiger charge is -2.06. The first-order valence-electron chi connectivity index (χ1n) is 7.14. The van der Waals surface area contributed by atoms with Crippen LogP contribution in [-0.4, -0.2) is 4.57 Å². The van der Waals surface area contributed by atoms with Crippen molar-refractivity contribution in [3.63, 3.8) is 0 Å². The van der Waals surface area contributed by atoms with Crippen molar-refractivity contribution >= 4 is 22.5 Å². The van der Waals surface area contributed by atoms with Crippen LogP contribution in [0.3, 0.4) is 0 Å². The van der Waals surface area contributed by atoms with Gasteiger partial charge in [0, 0.05) is 34.2 Å². The van der Waals surface area contributed by atoms with Crippen LogP contribution in [0.25, 0.3) is 10.9 Å². The first-order chi connectivity index (χ1) is 10.2. The van der Waals surface area contributed by atoms with Crippen molar-refractivity contribution in [2.75, 3.05) is 0 Å². The standard InChI is InChI=1S/C18H18ClNO/c1-3-20-11-14(18-13(2)5-4-6-17(18)20)12-21-16-9-7-15(19)8-10-16/h4-11H,3,12H2,1-2H3. The Bertz CT molecular complexity index is 759. The SMILES string of the molecule is CCn1cc(COc2ccc(Cl)cc2)c2c(C)cccc21. The van der Waals surface area contributed by atoms with Gasteiger partial charge in [-0.2, -0.15) is 0 Å². The van der Waals surface area contributed by atoms with Crippen LogP contribution in [0.5, 0.6) is 5.75 Å². The summed E-state index contributed by atoms with van der Waals surface area (Å²) >= 11 is 5.89. The molecule has 2 aromatic carbocycles. The van der Waals surface area contributed by atoms with Crippen molar-refractivity contribution in [1.82, 2.24) is 4.57 Å². The van der Waals surface area contributed by atoms with E-state index in [4.69, 9.17) is 16.3 Å². The summed E-state index contributed by atoms with van der Waals surface area (Å²) in [5, 5.41) is 2.02. The van der Waals surface area contributed by atoms with E-state index in [2.05, 4.69) is 42.8 Å². The molecule has 3 rings (SSSR count). The molecule has 0 amide bonds. The predicted molar refractivity (Wildman–Crippen MR) is 88.1 cm³/mol. The summed E-state index contributed by atoms with van der Waals surface area (Å²) < 4.78 is 8.16. The van der Waals surface area contributed by atoms with E-state index in [9.17, 15) is 0 Å². The molecule has 2 nitrogen and oxygen atoms in total. The van der Waals surface area contributed by atoms with Crippen LogP contribution in [0.15, 0.2) is 48.7 Å². The molecule has 0 aliphatic heterocycles. The molecular formula is C18H18ClNO. The summed E-state index contributed by atoms with van der Waals surface area (Å²) in [5.74, 6) is 0.838. The monoisotopic (exact) mass is 299 g/mol. The third-order valence-corrected chi connectivity index (χ3v) is 3.99. The van der Waals surface area contributed by atoms with Gasteiger partial charge in [-0.1, -0.05) is 23.7 Å². The molecule has 0 saturated carbocycles. The average Bonchev–Trinajstić information content (AvgIpc) is 2.86. The zero-order valence-corrected chi connectivity index (χ0v) is 13.0. The first kappa shape index (κ1) is 14.0. The number of benzene rings is 2. The number of halogens is 1. The van der Waals surface area contributed by atoms with E-state index in [-0.39, 0.29) is 0 Å². The smallest absolute Gasteiger partial charge is 0.119 e. The van der Waals surface area contributed by atoms with Gasteiger partial charge in [-0.25, -0.2) is 0 Å². The van der Waals surface area contributed by atoms with E-state index in [0.717, 1.165) is 17.3 Å². The number of ether oxygens (including phenoxy) is 1. The summed E-state index contributed by atoms with van der Waals surface area (Å²) in [6.45, 7) is 5.83. The Morgan fingerprint density at radius 2 is 1.86 bits per heavy atom. The second-order valence-corrected chi connectivity index (χ2v) is 5.59. The molecule has 0 bridgehead atoms. The van der Waals surface area contributed by atoms with Crippen LogP contribution < -0.4 is 4.74 Å². The maximum Gasteiger partial charge on any atom is 0.119 e. The van der Waals surface area contributed by atoms with Gasteiger partial charge in [-0.05, 0) is 49.7 Å². The summed E-state index contributed by atoms with van der Waals surface area (Å²) in [6, 6.07) is 13.9. The van der Waals surface area contributed by atoms with E-state index in [1.807, 2.05) is 24.3 Å². The van der Waals surface area contributed by atoms with Gasteiger partial charge < -0.3 is 9.30 Å². The maximum atomic E-state index is 5.90. The van der Waals surface area contributed by atoms with Gasteiger partial charge in [-0.15, -0.1) is 0 Å². The molecule has 0 radical (unpaired) electrons. The molecule has 21 heavy (non-hydrogen) atoms. The third-order valence-electron chi connectivity index (χ3n) is 3.74. The molecule has 3 heteroatoms. The number of aryl methyl sites for hydroxylation is 2. The van der Waals surface area contributed by atoms with Crippen LogP contribution in [0.4, 0.5) is 0 Å². The molecular weight excluding hydrogens is 282 g/mol. The van der Waals surface area contributed by atoms with Gasteiger partial charge in [0.25, 0.3) is 0 Å². The molecule has 0 unspecified atom stereocenters. The van der Waals surface area contributed by atoms with Gasteiger partial charge in [0.1, 0.15) is 12.4 Å².